The molecule has 0 fully saturated rings. The highest BCUT2D eigenvalue weighted by Crippen LogP contribution is 2.32. The molecule has 2 N–H and O–H groups in total. The minimum absolute atomic E-state index is 0.539. The van der Waals surface area contributed by atoms with Gasteiger partial charge in [0.05, 0.1) is 0 Å². The molecule has 0 unspecified atom stereocenters. The molecule has 14 heavy (non-hydrogen) atoms. The fourth-order valence-electron chi connectivity index (χ4n) is 1.20. The first kappa shape index (κ1) is 11.5. The Kier molecular flexibility index (Phi) is 3.50. The third-order valence-corrected chi connectivity index (χ3v) is 2.59. The molecule has 0 radical (unpaired) electrons. The maximum Gasteiger partial charge on any atom is 0.288 e. The lowest BCUT2D eigenvalue weighted by molar-refractivity contribution is 0.252. The van der Waals surface area contributed by atoms with E-state index in [0.29, 0.717) is 16.7 Å². The molecule has 0 aliphatic heterocycles. The van der Waals surface area contributed by atoms with Gasteiger partial charge in [0, 0.05) is 10.4 Å². The Morgan fingerprint density at radius 1 is 1.29 bits per heavy atom. The van der Waals surface area contributed by atoms with Gasteiger partial charge in [-0.15, -0.1) is 0 Å². The average molecular weight is 217 g/mol. The normalized spacial score (nSPS) is 12.1. The molecule has 0 aromatic heterocycles. The summed E-state index contributed by atoms with van der Waals surface area (Å²) >= 11 is 0.539. The largest absolute Gasteiger partial charge is 0.322 e. The van der Waals surface area contributed by atoms with Crippen LogP contribution in [0, 0.1) is 0 Å². The quantitative estimate of drug-likeness (QED) is 0.787. The van der Waals surface area contributed by atoms with Crippen molar-refractivity contribution in [2.24, 2.45) is 5.73 Å². The highest BCUT2D eigenvalue weighted by atomic mass is 32.2. The van der Waals surface area contributed by atoms with Gasteiger partial charge in [0.15, 0.2) is 0 Å². The van der Waals surface area contributed by atoms with Crippen molar-refractivity contribution in [3.8, 4) is 0 Å². The standard InChI is InChI=1S/C10H13F2NS/c1-10(2,13)7-5-3-4-6-8(7)14-9(11)12/h3-6,9H,13H2,1-2H3. The molecular weight excluding hydrogens is 204 g/mol. The lowest BCUT2D eigenvalue weighted by atomic mass is 9.96. The van der Waals surface area contributed by atoms with E-state index in [0.717, 1.165) is 5.56 Å². The van der Waals surface area contributed by atoms with Gasteiger partial charge in [0.2, 0.25) is 0 Å². The average Bonchev–Trinajstić information content (AvgIpc) is 2.01. The molecule has 0 saturated heterocycles. The van der Waals surface area contributed by atoms with Crippen molar-refractivity contribution in [1.29, 1.82) is 0 Å². The first-order valence-corrected chi connectivity index (χ1v) is 5.12. The van der Waals surface area contributed by atoms with Crippen LogP contribution in [-0.2, 0) is 5.54 Å². The molecule has 0 spiro atoms. The Hall–Kier alpha value is -0.610. The van der Waals surface area contributed by atoms with Crippen LogP contribution in [0.5, 0.6) is 0 Å². The summed E-state index contributed by atoms with van der Waals surface area (Å²) in [7, 11) is 0. The monoisotopic (exact) mass is 217 g/mol. The number of nitrogens with two attached hydrogens (primary N) is 1. The van der Waals surface area contributed by atoms with Crippen molar-refractivity contribution < 1.29 is 8.78 Å². The number of benzene rings is 1. The van der Waals surface area contributed by atoms with Gasteiger partial charge in [-0.2, -0.15) is 8.78 Å². The minimum atomic E-state index is -2.40. The second-order valence-corrected chi connectivity index (χ2v) is 4.63. The summed E-state index contributed by atoms with van der Waals surface area (Å²) in [6.45, 7) is 3.61. The van der Waals surface area contributed by atoms with Gasteiger partial charge in [0.25, 0.3) is 5.76 Å². The number of hydrogen-bond acceptors (Lipinski definition) is 2. The van der Waals surface area contributed by atoms with E-state index >= 15 is 0 Å². The van der Waals surface area contributed by atoms with E-state index < -0.39 is 11.3 Å². The van der Waals surface area contributed by atoms with Crippen molar-refractivity contribution in [3.05, 3.63) is 29.8 Å². The Bertz CT molecular complexity index is 307. The fourth-order valence-corrected chi connectivity index (χ4v) is 2.00. The van der Waals surface area contributed by atoms with Gasteiger partial charge in [-0.3, -0.25) is 0 Å². The Morgan fingerprint density at radius 3 is 2.36 bits per heavy atom. The zero-order chi connectivity index (χ0) is 10.8. The van der Waals surface area contributed by atoms with Crippen LogP contribution in [0.25, 0.3) is 0 Å². The van der Waals surface area contributed by atoms with Crippen LogP contribution in [0.2, 0.25) is 0 Å². The second kappa shape index (κ2) is 4.28. The number of halogens is 2. The smallest absolute Gasteiger partial charge is 0.288 e. The zero-order valence-corrected chi connectivity index (χ0v) is 8.94. The van der Waals surface area contributed by atoms with Crippen molar-refractivity contribution in [3.63, 3.8) is 0 Å². The molecule has 0 atom stereocenters. The molecular formula is C10H13F2NS. The molecule has 0 amide bonds. The van der Waals surface area contributed by atoms with Crippen molar-refractivity contribution in [1.82, 2.24) is 0 Å². The number of rotatable bonds is 3. The second-order valence-electron chi connectivity index (χ2n) is 3.60. The maximum atomic E-state index is 12.2. The van der Waals surface area contributed by atoms with Gasteiger partial charge in [-0.25, -0.2) is 0 Å². The van der Waals surface area contributed by atoms with Gasteiger partial charge >= 0.3 is 0 Å². The highest BCUT2D eigenvalue weighted by molar-refractivity contribution is 7.99. The van der Waals surface area contributed by atoms with Crippen molar-refractivity contribution in [2.75, 3.05) is 0 Å². The van der Waals surface area contributed by atoms with Gasteiger partial charge < -0.3 is 5.73 Å². The van der Waals surface area contributed by atoms with Crippen LogP contribution >= 0.6 is 11.8 Å². The lowest BCUT2D eigenvalue weighted by Crippen LogP contribution is -2.29. The molecule has 0 saturated carbocycles. The van der Waals surface area contributed by atoms with E-state index in [1.54, 1.807) is 38.1 Å². The first-order valence-electron chi connectivity index (χ1n) is 4.24. The van der Waals surface area contributed by atoms with Crippen LogP contribution in [0.15, 0.2) is 29.2 Å². The predicted octanol–water partition coefficient (Wildman–Crippen LogP) is 3.20. The van der Waals surface area contributed by atoms with Crippen molar-refractivity contribution in [2.45, 2.75) is 30.0 Å². The molecule has 0 aliphatic carbocycles. The summed E-state index contributed by atoms with van der Waals surface area (Å²) in [5.41, 5.74) is 6.05. The van der Waals surface area contributed by atoms with Crippen LogP contribution in [-0.4, -0.2) is 5.76 Å². The molecule has 1 rings (SSSR count). The predicted molar refractivity (Wildman–Crippen MR) is 55.5 cm³/mol. The summed E-state index contributed by atoms with van der Waals surface area (Å²) < 4.78 is 24.4. The molecule has 0 bridgehead atoms. The Balaban J connectivity index is 3.04. The van der Waals surface area contributed by atoms with Gasteiger partial charge in [0.1, 0.15) is 0 Å². The van der Waals surface area contributed by atoms with E-state index in [1.807, 2.05) is 0 Å². The van der Waals surface area contributed by atoms with Crippen LogP contribution in [0.1, 0.15) is 19.4 Å². The Labute approximate surface area is 86.7 Å². The highest BCUT2D eigenvalue weighted by Gasteiger charge is 2.19. The number of alkyl halides is 2. The lowest BCUT2D eigenvalue weighted by Gasteiger charge is -2.22. The van der Waals surface area contributed by atoms with Crippen molar-refractivity contribution >= 4 is 11.8 Å². The number of thioether (sulfide) groups is 1. The molecule has 1 aromatic rings. The summed E-state index contributed by atoms with van der Waals surface area (Å²) in [6.07, 6.45) is 0. The molecule has 78 valence electrons. The SMILES string of the molecule is CC(C)(N)c1ccccc1SC(F)F. The van der Waals surface area contributed by atoms with Gasteiger partial charge in [-0.05, 0) is 25.5 Å². The molecule has 4 heteroatoms. The zero-order valence-electron chi connectivity index (χ0n) is 8.13. The van der Waals surface area contributed by atoms with Crippen LogP contribution < -0.4 is 5.73 Å². The number of hydrogen-bond donors (Lipinski definition) is 1. The fraction of sp³-hybridized carbons (Fsp3) is 0.400. The van der Waals surface area contributed by atoms with Gasteiger partial charge in [-0.1, -0.05) is 30.0 Å². The Morgan fingerprint density at radius 2 is 1.86 bits per heavy atom. The summed E-state index contributed by atoms with van der Waals surface area (Å²) in [6, 6.07) is 6.99. The van der Waals surface area contributed by atoms with E-state index in [-0.39, 0.29) is 0 Å². The van der Waals surface area contributed by atoms with E-state index in [1.165, 1.54) is 0 Å². The third kappa shape index (κ3) is 2.96. The van der Waals surface area contributed by atoms with Crippen LogP contribution in [0.4, 0.5) is 8.78 Å². The topological polar surface area (TPSA) is 26.0 Å². The molecule has 1 nitrogen and oxygen atoms in total. The molecule has 0 heterocycles. The summed E-state index contributed by atoms with van der Waals surface area (Å²) in [5.74, 6) is -2.40. The first-order chi connectivity index (χ1) is 6.41. The molecule has 0 aliphatic rings. The third-order valence-electron chi connectivity index (χ3n) is 1.80. The molecule has 1 aromatic carbocycles. The maximum absolute atomic E-state index is 12.2. The van der Waals surface area contributed by atoms with Crippen LogP contribution in [0.3, 0.4) is 0 Å². The van der Waals surface area contributed by atoms with E-state index in [2.05, 4.69) is 0 Å². The van der Waals surface area contributed by atoms with E-state index in [9.17, 15) is 8.78 Å². The summed E-state index contributed by atoms with van der Waals surface area (Å²) in [5, 5.41) is 0. The van der Waals surface area contributed by atoms with E-state index in [4.69, 9.17) is 5.73 Å². The minimum Gasteiger partial charge on any atom is -0.322 e. The summed E-state index contributed by atoms with van der Waals surface area (Å²) in [4.78, 5) is 0.551.